The van der Waals surface area contributed by atoms with Crippen LogP contribution < -0.4 is 10.2 Å². The maximum atomic E-state index is 12.5. The van der Waals surface area contributed by atoms with Gasteiger partial charge in [-0.05, 0) is 42.7 Å². The van der Waals surface area contributed by atoms with Crippen molar-refractivity contribution in [2.45, 2.75) is 26.7 Å². The molecular weight excluding hydrogens is 300 g/mol. The first-order valence-corrected chi connectivity index (χ1v) is 8.34. The number of nitrogens with one attached hydrogen (secondary N) is 1. The molecular formula is C20H22N2O2. The molecule has 0 bridgehead atoms. The van der Waals surface area contributed by atoms with E-state index in [1.807, 2.05) is 55.5 Å². The molecule has 4 nitrogen and oxygen atoms in total. The number of nitrogens with zero attached hydrogens (tertiary/aromatic N) is 1. The quantitative estimate of drug-likeness (QED) is 0.936. The molecule has 1 aliphatic rings. The molecule has 24 heavy (non-hydrogen) atoms. The topological polar surface area (TPSA) is 49.4 Å². The van der Waals surface area contributed by atoms with E-state index in [2.05, 4.69) is 12.2 Å². The predicted molar refractivity (Wildman–Crippen MR) is 96.1 cm³/mol. The molecule has 124 valence electrons. The summed E-state index contributed by atoms with van der Waals surface area (Å²) in [5.41, 5.74) is 3.92. The second-order valence-corrected chi connectivity index (χ2v) is 6.23. The Morgan fingerprint density at radius 2 is 1.88 bits per heavy atom. The number of hydrogen-bond donors (Lipinski definition) is 1. The van der Waals surface area contributed by atoms with Crippen molar-refractivity contribution in [3.05, 3.63) is 59.7 Å². The van der Waals surface area contributed by atoms with E-state index in [0.717, 1.165) is 23.4 Å². The summed E-state index contributed by atoms with van der Waals surface area (Å²) in [5.74, 6) is -0.405. The number of benzene rings is 2. The van der Waals surface area contributed by atoms with E-state index in [4.69, 9.17) is 0 Å². The Hall–Kier alpha value is -2.62. The molecule has 4 heteroatoms. The van der Waals surface area contributed by atoms with Gasteiger partial charge in [0, 0.05) is 24.3 Å². The molecule has 1 fully saturated rings. The zero-order chi connectivity index (χ0) is 17.1. The number of amides is 2. The number of aryl methyl sites for hydroxylation is 2. The van der Waals surface area contributed by atoms with Crippen molar-refractivity contribution in [1.29, 1.82) is 0 Å². The summed E-state index contributed by atoms with van der Waals surface area (Å²) in [6.45, 7) is 4.49. The first-order chi connectivity index (χ1) is 11.6. The molecule has 0 aromatic heterocycles. The lowest BCUT2D eigenvalue weighted by atomic mass is 10.1. The zero-order valence-electron chi connectivity index (χ0n) is 14.1. The van der Waals surface area contributed by atoms with Gasteiger partial charge in [0.1, 0.15) is 0 Å². The maximum Gasteiger partial charge on any atom is 0.229 e. The van der Waals surface area contributed by atoms with Crippen molar-refractivity contribution in [2.75, 3.05) is 16.8 Å². The number of hydrogen-bond acceptors (Lipinski definition) is 2. The van der Waals surface area contributed by atoms with E-state index in [1.54, 1.807) is 4.90 Å². The number of rotatable bonds is 4. The van der Waals surface area contributed by atoms with Crippen LogP contribution in [0.2, 0.25) is 0 Å². The second-order valence-electron chi connectivity index (χ2n) is 6.23. The maximum absolute atomic E-state index is 12.5. The average Bonchev–Trinajstić information content (AvgIpc) is 2.99. The molecule has 2 aromatic rings. The fraction of sp³-hybridized carbons (Fsp3) is 0.300. The normalized spacial score (nSPS) is 17.2. The summed E-state index contributed by atoms with van der Waals surface area (Å²) in [6.07, 6.45) is 1.23. The van der Waals surface area contributed by atoms with E-state index < -0.39 is 0 Å². The fourth-order valence-electron chi connectivity index (χ4n) is 2.99. The van der Waals surface area contributed by atoms with Crippen molar-refractivity contribution in [2.24, 2.45) is 5.92 Å². The minimum absolute atomic E-state index is 0.00387. The van der Waals surface area contributed by atoms with Crippen LogP contribution in [-0.2, 0) is 16.0 Å². The summed E-state index contributed by atoms with van der Waals surface area (Å²) in [7, 11) is 0. The summed E-state index contributed by atoms with van der Waals surface area (Å²) in [5, 5.41) is 2.95. The van der Waals surface area contributed by atoms with Gasteiger partial charge in [-0.3, -0.25) is 9.59 Å². The molecule has 1 atom stereocenters. The SMILES string of the molecule is CCc1ccc(N2CC(C(=O)Nc3ccccc3C)CC2=O)cc1. The Bertz CT molecular complexity index is 752. The van der Waals surface area contributed by atoms with E-state index in [9.17, 15) is 9.59 Å². The lowest BCUT2D eigenvalue weighted by Crippen LogP contribution is -2.28. The van der Waals surface area contributed by atoms with E-state index in [-0.39, 0.29) is 24.2 Å². The molecule has 3 rings (SSSR count). The Morgan fingerprint density at radius 3 is 2.54 bits per heavy atom. The Kier molecular flexibility index (Phi) is 4.65. The van der Waals surface area contributed by atoms with Gasteiger partial charge in [-0.15, -0.1) is 0 Å². The monoisotopic (exact) mass is 322 g/mol. The number of para-hydroxylation sites is 1. The van der Waals surface area contributed by atoms with Crippen molar-refractivity contribution >= 4 is 23.2 Å². The fourth-order valence-corrected chi connectivity index (χ4v) is 2.99. The van der Waals surface area contributed by atoms with Crippen LogP contribution in [0.4, 0.5) is 11.4 Å². The van der Waals surface area contributed by atoms with Gasteiger partial charge in [-0.2, -0.15) is 0 Å². The number of anilines is 2. The van der Waals surface area contributed by atoms with Gasteiger partial charge in [-0.1, -0.05) is 37.3 Å². The lowest BCUT2D eigenvalue weighted by Gasteiger charge is -2.17. The Balaban J connectivity index is 1.69. The molecule has 1 unspecified atom stereocenters. The highest BCUT2D eigenvalue weighted by Crippen LogP contribution is 2.26. The van der Waals surface area contributed by atoms with Crippen LogP contribution >= 0.6 is 0 Å². The average molecular weight is 322 g/mol. The zero-order valence-corrected chi connectivity index (χ0v) is 14.1. The summed E-state index contributed by atoms with van der Waals surface area (Å²) >= 11 is 0. The second kappa shape index (κ2) is 6.87. The number of carbonyl (C=O) groups is 2. The highest BCUT2D eigenvalue weighted by atomic mass is 16.2. The van der Waals surface area contributed by atoms with Crippen molar-refractivity contribution < 1.29 is 9.59 Å². The lowest BCUT2D eigenvalue weighted by molar-refractivity contribution is -0.122. The van der Waals surface area contributed by atoms with E-state index in [0.29, 0.717) is 6.54 Å². The van der Waals surface area contributed by atoms with Gasteiger partial charge in [0.25, 0.3) is 0 Å². The molecule has 0 saturated carbocycles. The first-order valence-electron chi connectivity index (χ1n) is 8.34. The highest BCUT2D eigenvalue weighted by Gasteiger charge is 2.35. The van der Waals surface area contributed by atoms with Gasteiger partial charge >= 0.3 is 0 Å². The van der Waals surface area contributed by atoms with Gasteiger partial charge in [0.2, 0.25) is 11.8 Å². The molecule has 1 aliphatic heterocycles. The highest BCUT2D eigenvalue weighted by molar-refractivity contribution is 6.03. The summed E-state index contributed by atoms with van der Waals surface area (Å²) in [6, 6.07) is 15.6. The molecule has 1 heterocycles. The molecule has 0 spiro atoms. The van der Waals surface area contributed by atoms with Gasteiger partial charge < -0.3 is 10.2 Å². The minimum atomic E-state index is -0.317. The van der Waals surface area contributed by atoms with Crippen LogP contribution in [0, 0.1) is 12.8 Å². The Morgan fingerprint density at radius 1 is 1.17 bits per heavy atom. The third kappa shape index (κ3) is 3.32. The van der Waals surface area contributed by atoms with Crippen LogP contribution in [0.25, 0.3) is 0 Å². The predicted octanol–water partition coefficient (Wildman–Crippen LogP) is 3.55. The van der Waals surface area contributed by atoms with Crippen molar-refractivity contribution in [3.63, 3.8) is 0 Å². The molecule has 1 saturated heterocycles. The summed E-state index contributed by atoms with van der Waals surface area (Å²) in [4.78, 5) is 26.5. The summed E-state index contributed by atoms with van der Waals surface area (Å²) < 4.78 is 0. The van der Waals surface area contributed by atoms with Gasteiger partial charge in [0.15, 0.2) is 0 Å². The van der Waals surface area contributed by atoms with Gasteiger partial charge in [-0.25, -0.2) is 0 Å². The number of carbonyl (C=O) groups excluding carboxylic acids is 2. The van der Waals surface area contributed by atoms with Crippen LogP contribution in [-0.4, -0.2) is 18.4 Å². The van der Waals surface area contributed by atoms with Crippen LogP contribution in [0.3, 0.4) is 0 Å². The molecule has 1 N–H and O–H groups in total. The molecule has 0 radical (unpaired) electrons. The van der Waals surface area contributed by atoms with Crippen molar-refractivity contribution in [3.8, 4) is 0 Å². The van der Waals surface area contributed by atoms with Gasteiger partial charge in [0.05, 0.1) is 5.92 Å². The molecule has 2 amide bonds. The van der Waals surface area contributed by atoms with Crippen LogP contribution in [0.15, 0.2) is 48.5 Å². The minimum Gasteiger partial charge on any atom is -0.326 e. The van der Waals surface area contributed by atoms with Crippen LogP contribution in [0.1, 0.15) is 24.5 Å². The van der Waals surface area contributed by atoms with E-state index >= 15 is 0 Å². The first kappa shape index (κ1) is 16.2. The smallest absolute Gasteiger partial charge is 0.229 e. The van der Waals surface area contributed by atoms with Crippen molar-refractivity contribution in [1.82, 2.24) is 0 Å². The molecule has 2 aromatic carbocycles. The Labute approximate surface area is 142 Å². The largest absolute Gasteiger partial charge is 0.326 e. The molecule has 0 aliphatic carbocycles. The van der Waals surface area contributed by atoms with E-state index in [1.165, 1.54) is 5.56 Å². The van der Waals surface area contributed by atoms with Crippen LogP contribution in [0.5, 0.6) is 0 Å². The third-order valence-electron chi connectivity index (χ3n) is 4.56. The third-order valence-corrected chi connectivity index (χ3v) is 4.56. The standard InChI is InChI=1S/C20H22N2O2/c1-3-15-8-10-17(11-9-15)22-13-16(12-19(22)23)20(24)21-18-7-5-4-6-14(18)2/h4-11,16H,3,12-13H2,1-2H3,(H,21,24).